The van der Waals surface area contributed by atoms with Crippen molar-refractivity contribution in [2.24, 2.45) is 5.92 Å². The van der Waals surface area contributed by atoms with E-state index in [4.69, 9.17) is 4.74 Å². The Morgan fingerprint density at radius 3 is 2.76 bits per heavy atom. The first-order chi connectivity index (χ1) is 12.1. The largest absolute Gasteiger partial charge is 0.378 e. The lowest BCUT2D eigenvalue weighted by Gasteiger charge is -2.30. The van der Waals surface area contributed by atoms with Gasteiger partial charge in [0.2, 0.25) is 0 Å². The fourth-order valence-corrected chi connectivity index (χ4v) is 3.37. The van der Waals surface area contributed by atoms with Crippen molar-refractivity contribution >= 4 is 5.82 Å². The lowest BCUT2D eigenvalue weighted by Crippen LogP contribution is -2.35. The molecule has 2 atom stereocenters. The summed E-state index contributed by atoms with van der Waals surface area (Å²) in [6.07, 6.45) is 6.86. The minimum atomic E-state index is -0.0991. The van der Waals surface area contributed by atoms with Crippen LogP contribution in [0.5, 0.6) is 0 Å². The molecule has 6 heteroatoms. The van der Waals surface area contributed by atoms with Gasteiger partial charge < -0.3 is 15.0 Å². The first-order valence-corrected chi connectivity index (χ1v) is 9.02. The lowest BCUT2D eigenvalue weighted by molar-refractivity contribution is -0.00223. The molecule has 0 radical (unpaired) electrons. The van der Waals surface area contributed by atoms with Gasteiger partial charge in [-0.1, -0.05) is 0 Å². The molecular formula is C19H24N4O2. The summed E-state index contributed by atoms with van der Waals surface area (Å²) in [6, 6.07) is 4.31. The Bertz CT molecular complexity index is 811. The summed E-state index contributed by atoms with van der Waals surface area (Å²) < 4.78 is 5.88. The van der Waals surface area contributed by atoms with E-state index in [1.165, 1.54) is 12.8 Å². The minimum Gasteiger partial charge on any atom is -0.378 e. The van der Waals surface area contributed by atoms with Crippen LogP contribution in [0, 0.1) is 19.8 Å². The first-order valence-electron chi connectivity index (χ1n) is 9.02. The highest BCUT2D eigenvalue weighted by molar-refractivity contribution is 5.56. The van der Waals surface area contributed by atoms with E-state index in [0.717, 1.165) is 42.4 Å². The number of ether oxygens (including phenoxy) is 1. The van der Waals surface area contributed by atoms with Gasteiger partial charge in [-0.15, -0.1) is 0 Å². The van der Waals surface area contributed by atoms with Crippen LogP contribution in [0.15, 0.2) is 23.1 Å². The maximum Gasteiger partial charge on any atom is 0.254 e. The number of pyridine rings is 1. The highest BCUT2D eigenvalue weighted by Crippen LogP contribution is 2.38. The lowest BCUT2D eigenvalue weighted by atomic mass is 10.00. The van der Waals surface area contributed by atoms with Crippen LogP contribution in [0.4, 0.5) is 5.82 Å². The van der Waals surface area contributed by atoms with E-state index in [-0.39, 0.29) is 5.56 Å². The predicted octanol–water partition coefficient (Wildman–Crippen LogP) is 2.82. The molecule has 3 heterocycles. The monoisotopic (exact) mass is 340 g/mol. The maximum absolute atomic E-state index is 11.9. The second kappa shape index (κ2) is 6.59. The Morgan fingerprint density at radius 1 is 1.24 bits per heavy atom. The quantitative estimate of drug-likeness (QED) is 0.895. The third-order valence-electron chi connectivity index (χ3n) is 5.25. The second-order valence-corrected chi connectivity index (χ2v) is 7.17. The molecule has 0 spiro atoms. The van der Waals surface area contributed by atoms with Crippen molar-refractivity contribution in [3.8, 4) is 11.4 Å². The number of anilines is 1. The molecule has 0 amide bonds. The molecular weight excluding hydrogens is 316 g/mol. The van der Waals surface area contributed by atoms with Crippen molar-refractivity contribution in [3.63, 3.8) is 0 Å². The number of H-pyrrole nitrogens is 1. The van der Waals surface area contributed by atoms with E-state index in [9.17, 15) is 4.79 Å². The fourth-order valence-electron chi connectivity index (χ4n) is 3.37. The van der Waals surface area contributed by atoms with Crippen molar-refractivity contribution in [1.82, 2.24) is 15.0 Å². The van der Waals surface area contributed by atoms with Crippen molar-refractivity contribution in [1.29, 1.82) is 0 Å². The molecule has 1 saturated carbocycles. The number of aryl methyl sites for hydroxylation is 1. The van der Waals surface area contributed by atoms with Crippen molar-refractivity contribution in [2.45, 2.75) is 51.7 Å². The normalized spacial score (nSPS) is 23.4. The van der Waals surface area contributed by atoms with Crippen molar-refractivity contribution < 1.29 is 4.74 Å². The highest BCUT2D eigenvalue weighted by atomic mass is 16.5. The Kier molecular flexibility index (Phi) is 4.29. The van der Waals surface area contributed by atoms with Gasteiger partial charge >= 0.3 is 0 Å². The number of rotatable bonds is 4. The number of hydrogen-bond acceptors (Lipinski definition) is 5. The van der Waals surface area contributed by atoms with Gasteiger partial charge in [0.05, 0.1) is 6.10 Å². The average molecular weight is 340 g/mol. The zero-order chi connectivity index (χ0) is 17.4. The molecule has 2 unspecified atom stereocenters. The summed E-state index contributed by atoms with van der Waals surface area (Å²) >= 11 is 0. The summed E-state index contributed by atoms with van der Waals surface area (Å²) in [5.74, 6) is 2.19. The molecule has 4 rings (SSSR count). The number of hydrogen-bond donors (Lipinski definition) is 2. The molecule has 2 fully saturated rings. The molecule has 0 aromatic carbocycles. The van der Waals surface area contributed by atoms with E-state index in [2.05, 4.69) is 20.3 Å². The van der Waals surface area contributed by atoms with Gasteiger partial charge in [0.25, 0.3) is 5.56 Å². The SMILES string of the molecule is Cc1nc(-c2ccc(NC3CCOC(C4CC4)C3)nc2)[nH]c(=O)c1C. The van der Waals surface area contributed by atoms with Gasteiger partial charge in [-0.2, -0.15) is 0 Å². The zero-order valence-electron chi connectivity index (χ0n) is 14.7. The van der Waals surface area contributed by atoms with Crippen LogP contribution in [0.2, 0.25) is 0 Å². The third-order valence-corrected chi connectivity index (χ3v) is 5.25. The second-order valence-electron chi connectivity index (χ2n) is 7.17. The van der Waals surface area contributed by atoms with Crippen LogP contribution in [-0.2, 0) is 4.74 Å². The topological polar surface area (TPSA) is 79.9 Å². The van der Waals surface area contributed by atoms with E-state index in [0.29, 0.717) is 23.5 Å². The molecule has 2 aliphatic rings. The predicted molar refractivity (Wildman–Crippen MR) is 96.7 cm³/mol. The van der Waals surface area contributed by atoms with Crippen LogP contribution in [0.25, 0.3) is 11.4 Å². The Morgan fingerprint density at radius 2 is 2.08 bits per heavy atom. The van der Waals surface area contributed by atoms with Crippen LogP contribution >= 0.6 is 0 Å². The number of aromatic nitrogens is 3. The van der Waals surface area contributed by atoms with E-state index in [1.807, 2.05) is 19.1 Å². The van der Waals surface area contributed by atoms with Gasteiger partial charge in [-0.25, -0.2) is 9.97 Å². The number of nitrogens with zero attached hydrogens (tertiary/aromatic N) is 2. The van der Waals surface area contributed by atoms with E-state index < -0.39 is 0 Å². The molecule has 1 saturated heterocycles. The minimum absolute atomic E-state index is 0.0991. The summed E-state index contributed by atoms with van der Waals surface area (Å²) in [5, 5.41) is 3.52. The van der Waals surface area contributed by atoms with E-state index >= 15 is 0 Å². The Hall–Kier alpha value is -2.21. The zero-order valence-corrected chi connectivity index (χ0v) is 14.7. The summed E-state index contributed by atoms with van der Waals surface area (Å²) in [4.78, 5) is 23.7. The van der Waals surface area contributed by atoms with Gasteiger partial charge in [-0.05, 0) is 57.6 Å². The van der Waals surface area contributed by atoms with Crippen LogP contribution in [0.3, 0.4) is 0 Å². The van der Waals surface area contributed by atoms with Crippen molar-refractivity contribution in [2.75, 3.05) is 11.9 Å². The molecule has 0 bridgehead atoms. The Labute approximate surface area is 147 Å². The summed E-state index contributed by atoms with van der Waals surface area (Å²) in [5.41, 5.74) is 2.11. The first kappa shape index (κ1) is 16.3. The molecule has 1 aliphatic carbocycles. The highest BCUT2D eigenvalue weighted by Gasteiger charge is 2.35. The summed E-state index contributed by atoms with van der Waals surface area (Å²) in [7, 11) is 0. The Balaban J connectivity index is 1.46. The maximum atomic E-state index is 11.9. The van der Waals surface area contributed by atoms with Crippen molar-refractivity contribution in [3.05, 3.63) is 39.9 Å². The standard InChI is InChI=1S/C19H24N4O2/c1-11-12(2)21-18(23-19(11)24)14-5-6-17(20-10-14)22-15-7-8-25-16(9-15)13-3-4-13/h5-6,10,13,15-16H,3-4,7-9H2,1-2H3,(H,20,22)(H,21,23,24). The number of nitrogens with one attached hydrogen (secondary N) is 2. The van der Waals surface area contributed by atoms with Crippen LogP contribution < -0.4 is 10.9 Å². The van der Waals surface area contributed by atoms with Crippen LogP contribution in [-0.4, -0.2) is 33.7 Å². The third kappa shape index (κ3) is 3.58. The van der Waals surface area contributed by atoms with Gasteiger partial charge in [-0.3, -0.25) is 4.79 Å². The van der Waals surface area contributed by atoms with Gasteiger partial charge in [0.1, 0.15) is 11.6 Å². The molecule has 2 N–H and O–H groups in total. The average Bonchev–Trinajstić information content (AvgIpc) is 3.45. The number of aromatic amines is 1. The van der Waals surface area contributed by atoms with E-state index in [1.54, 1.807) is 13.1 Å². The smallest absolute Gasteiger partial charge is 0.254 e. The van der Waals surface area contributed by atoms with Gasteiger partial charge in [0, 0.05) is 35.7 Å². The summed E-state index contributed by atoms with van der Waals surface area (Å²) in [6.45, 7) is 4.45. The molecule has 2 aromatic rings. The van der Waals surface area contributed by atoms with Gasteiger partial charge in [0.15, 0.2) is 0 Å². The fraction of sp³-hybridized carbons (Fsp3) is 0.526. The molecule has 132 valence electrons. The molecule has 6 nitrogen and oxygen atoms in total. The molecule has 25 heavy (non-hydrogen) atoms. The van der Waals surface area contributed by atoms with Crippen LogP contribution in [0.1, 0.15) is 36.9 Å². The molecule has 2 aromatic heterocycles. The molecule has 1 aliphatic heterocycles.